The van der Waals surface area contributed by atoms with Gasteiger partial charge in [-0.2, -0.15) is 0 Å². The number of hydrogen-bond donors (Lipinski definition) is 1. The molecule has 1 saturated heterocycles. The minimum absolute atomic E-state index is 0.0461. The Morgan fingerprint density at radius 1 is 1.39 bits per heavy atom. The van der Waals surface area contributed by atoms with Crippen molar-refractivity contribution in [2.75, 3.05) is 6.54 Å². The lowest BCUT2D eigenvalue weighted by Crippen LogP contribution is -2.46. The maximum atomic E-state index is 12.5. The lowest BCUT2D eigenvalue weighted by molar-refractivity contribution is 0.0548. The summed E-state index contributed by atoms with van der Waals surface area (Å²) in [6, 6.07) is 5.58. The maximum absolute atomic E-state index is 12.5. The van der Waals surface area contributed by atoms with Crippen molar-refractivity contribution >= 4 is 5.91 Å². The number of aromatic hydroxyl groups is 1. The molecule has 0 bridgehead atoms. The summed E-state index contributed by atoms with van der Waals surface area (Å²) in [4.78, 5) is 14.4. The van der Waals surface area contributed by atoms with Gasteiger partial charge in [0.2, 0.25) is 0 Å². The molecule has 1 fully saturated rings. The van der Waals surface area contributed by atoms with Gasteiger partial charge in [0.25, 0.3) is 5.91 Å². The van der Waals surface area contributed by atoms with E-state index in [1.54, 1.807) is 6.07 Å². The Morgan fingerprint density at radius 3 is 2.83 bits per heavy atom. The third kappa shape index (κ3) is 2.22. The van der Waals surface area contributed by atoms with E-state index in [0.29, 0.717) is 11.5 Å². The van der Waals surface area contributed by atoms with E-state index in [1.807, 2.05) is 24.0 Å². The first-order chi connectivity index (χ1) is 8.52. The van der Waals surface area contributed by atoms with Gasteiger partial charge in [0.1, 0.15) is 5.75 Å². The fourth-order valence-electron chi connectivity index (χ4n) is 2.61. The molecule has 0 spiro atoms. The summed E-state index contributed by atoms with van der Waals surface area (Å²) in [7, 11) is 0. The number of para-hydroxylation sites is 1. The second-order valence-corrected chi connectivity index (χ2v) is 5.33. The number of hydrogen-bond acceptors (Lipinski definition) is 2. The van der Waals surface area contributed by atoms with E-state index < -0.39 is 0 Å². The standard InChI is InChI=1S/C15H21NO2/c1-10-7-5-9-16(12(10)3)15(18)13-8-4-6-11(2)14(13)17/h4,6,8,10,12,17H,5,7,9H2,1-3H3. The number of amides is 1. The molecular weight excluding hydrogens is 226 g/mol. The SMILES string of the molecule is Cc1cccc(C(=O)N2CCCC(C)C2C)c1O. The highest BCUT2D eigenvalue weighted by molar-refractivity contribution is 5.97. The molecule has 1 aromatic rings. The van der Waals surface area contributed by atoms with Crippen LogP contribution in [-0.4, -0.2) is 28.5 Å². The Hall–Kier alpha value is -1.51. The first kappa shape index (κ1) is 12.9. The van der Waals surface area contributed by atoms with Gasteiger partial charge in [0.05, 0.1) is 5.56 Å². The van der Waals surface area contributed by atoms with Crippen molar-refractivity contribution in [3.05, 3.63) is 29.3 Å². The van der Waals surface area contributed by atoms with Gasteiger partial charge in [0, 0.05) is 12.6 Å². The monoisotopic (exact) mass is 247 g/mol. The Kier molecular flexibility index (Phi) is 3.60. The number of phenolic OH excluding ortho intramolecular Hbond substituents is 1. The predicted molar refractivity (Wildman–Crippen MR) is 71.7 cm³/mol. The van der Waals surface area contributed by atoms with Crippen LogP contribution in [0.1, 0.15) is 42.6 Å². The van der Waals surface area contributed by atoms with Crippen LogP contribution in [0.15, 0.2) is 18.2 Å². The molecule has 0 radical (unpaired) electrons. The molecule has 1 aliphatic heterocycles. The molecule has 1 N–H and O–H groups in total. The molecule has 18 heavy (non-hydrogen) atoms. The topological polar surface area (TPSA) is 40.5 Å². The van der Waals surface area contributed by atoms with Gasteiger partial charge in [-0.25, -0.2) is 0 Å². The van der Waals surface area contributed by atoms with Crippen molar-refractivity contribution in [3.63, 3.8) is 0 Å². The summed E-state index contributed by atoms with van der Waals surface area (Å²) >= 11 is 0. The second-order valence-electron chi connectivity index (χ2n) is 5.33. The van der Waals surface area contributed by atoms with E-state index in [4.69, 9.17) is 0 Å². The first-order valence-electron chi connectivity index (χ1n) is 6.62. The van der Waals surface area contributed by atoms with Gasteiger partial charge >= 0.3 is 0 Å². The van der Waals surface area contributed by atoms with Crippen molar-refractivity contribution in [2.45, 2.75) is 39.7 Å². The fraction of sp³-hybridized carbons (Fsp3) is 0.533. The Morgan fingerprint density at radius 2 is 2.11 bits per heavy atom. The van der Waals surface area contributed by atoms with Crippen LogP contribution in [0.25, 0.3) is 0 Å². The van der Waals surface area contributed by atoms with Crippen LogP contribution in [0, 0.1) is 12.8 Å². The fourth-order valence-corrected chi connectivity index (χ4v) is 2.61. The third-order valence-electron chi connectivity index (χ3n) is 4.10. The van der Waals surface area contributed by atoms with Crippen LogP contribution in [0.3, 0.4) is 0 Å². The van der Waals surface area contributed by atoms with Crippen LogP contribution >= 0.6 is 0 Å². The predicted octanol–water partition coefficient (Wildman–Crippen LogP) is 2.96. The quantitative estimate of drug-likeness (QED) is 0.828. The average Bonchev–Trinajstić information content (AvgIpc) is 2.35. The zero-order chi connectivity index (χ0) is 13.3. The highest BCUT2D eigenvalue weighted by Gasteiger charge is 2.30. The molecule has 1 amide bonds. The molecule has 2 atom stereocenters. The molecule has 1 aromatic carbocycles. The number of carbonyl (C=O) groups is 1. The molecular formula is C15H21NO2. The normalized spacial score (nSPS) is 24.1. The van der Waals surface area contributed by atoms with Gasteiger partial charge < -0.3 is 10.0 Å². The van der Waals surface area contributed by atoms with E-state index in [0.717, 1.165) is 18.5 Å². The Bertz CT molecular complexity index is 456. The largest absolute Gasteiger partial charge is 0.507 e. The van der Waals surface area contributed by atoms with E-state index in [9.17, 15) is 9.90 Å². The molecule has 2 unspecified atom stereocenters. The minimum atomic E-state index is -0.0461. The number of aryl methyl sites for hydroxylation is 1. The molecule has 0 saturated carbocycles. The molecule has 2 rings (SSSR count). The lowest BCUT2D eigenvalue weighted by atomic mass is 9.91. The summed E-state index contributed by atoms with van der Waals surface area (Å²) in [5.41, 5.74) is 1.18. The Labute approximate surface area is 108 Å². The summed E-state index contributed by atoms with van der Waals surface area (Å²) in [6.45, 7) is 6.88. The van der Waals surface area contributed by atoms with Crippen molar-refractivity contribution in [1.29, 1.82) is 0 Å². The number of rotatable bonds is 1. The highest BCUT2D eigenvalue weighted by Crippen LogP contribution is 2.28. The molecule has 0 aromatic heterocycles. The van der Waals surface area contributed by atoms with E-state index in [1.165, 1.54) is 6.42 Å². The number of carbonyl (C=O) groups excluding carboxylic acids is 1. The van der Waals surface area contributed by atoms with Gasteiger partial charge in [-0.05, 0) is 44.2 Å². The highest BCUT2D eigenvalue weighted by atomic mass is 16.3. The molecule has 98 valence electrons. The summed E-state index contributed by atoms with van der Waals surface area (Å²) < 4.78 is 0. The summed E-state index contributed by atoms with van der Waals surface area (Å²) in [5.74, 6) is 0.595. The van der Waals surface area contributed by atoms with Crippen molar-refractivity contribution in [1.82, 2.24) is 4.90 Å². The molecule has 0 aliphatic carbocycles. The van der Waals surface area contributed by atoms with Crippen LogP contribution in [0.4, 0.5) is 0 Å². The number of phenols is 1. The van der Waals surface area contributed by atoms with Crippen LogP contribution < -0.4 is 0 Å². The first-order valence-corrected chi connectivity index (χ1v) is 6.62. The maximum Gasteiger partial charge on any atom is 0.257 e. The van der Waals surface area contributed by atoms with Crippen molar-refractivity contribution in [2.24, 2.45) is 5.92 Å². The van der Waals surface area contributed by atoms with E-state index in [-0.39, 0.29) is 17.7 Å². The zero-order valence-corrected chi connectivity index (χ0v) is 11.3. The third-order valence-corrected chi connectivity index (χ3v) is 4.10. The number of nitrogens with zero attached hydrogens (tertiary/aromatic N) is 1. The molecule has 1 heterocycles. The second kappa shape index (κ2) is 5.01. The lowest BCUT2D eigenvalue weighted by Gasteiger charge is -2.38. The number of likely N-dealkylation sites (tertiary alicyclic amines) is 1. The minimum Gasteiger partial charge on any atom is -0.507 e. The van der Waals surface area contributed by atoms with Crippen molar-refractivity contribution in [3.8, 4) is 5.75 Å². The number of benzene rings is 1. The van der Waals surface area contributed by atoms with Gasteiger partial charge in [0.15, 0.2) is 0 Å². The Balaban J connectivity index is 2.28. The number of piperidine rings is 1. The van der Waals surface area contributed by atoms with Crippen LogP contribution in [0.5, 0.6) is 5.75 Å². The smallest absolute Gasteiger partial charge is 0.257 e. The van der Waals surface area contributed by atoms with Gasteiger partial charge in [-0.15, -0.1) is 0 Å². The summed E-state index contributed by atoms with van der Waals surface area (Å²) in [5, 5.41) is 10.0. The van der Waals surface area contributed by atoms with Crippen molar-refractivity contribution < 1.29 is 9.90 Å². The van der Waals surface area contributed by atoms with Crippen LogP contribution in [0.2, 0.25) is 0 Å². The average molecular weight is 247 g/mol. The summed E-state index contributed by atoms with van der Waals surface area (Å²) in [6.07, 6.45) is 2.22. The van der Waals surface area contributed by atoms with Crippen LogP contribution in [-0.2, 0) is 0 Å². The molecule has 3 nitrogen and oxygen atoms in total. The van der Waals surface area contributed by atoms with E-state index >= 15 is 0 Å². The zero-order valence-electron chi connectivity index (χ0n) is 11.3. The van der Waals surface area contributed by atoms with E-state index in [2.05, 4.69) is 13.8 Å². The molecule has 1 aliphatic rings. The van der Waals surface area contributed by atoms with Gasteiger partial charge in [-0.3, -0.25) is 4.79 Å². The van der Waals surface area contributed by atoms with Gasteiger partial charge in [-0.1, -0.05) is 19.1 Å². The molecule has 3 heteroatoms.